The van der Waals surface area contributed by atoms with E-state index in [0.717, 1.165) is 92.0 Å². The molecule has 9 aromatic rings. The summed E-state index contributed by atoms with van der Waals surface area (Å²) < 4.78 is 3.19. The van der Waals surface area contributed by atoms with Gasteiger partial charge in [-0.05, 0) is 166 Å². The number of likely N-dealkylation sites (tertiary alicyclic amines) is 1. The number of aliphatic carboxylic acids is 1. The monoisotopic (exact) mass is 1530 g/mol. The number of anilines is 2. The number of amides is 7. The number of carboxylic acids is 1. The summed E-state index contributed by atoms with van der Waals surface area (Å²) >= 11 is 0. The number of carboxylic acid groups (broad SMARTS) is 1. The molecular weight excluding hydrogens is 1420 g/mol. The molecule has 22 heteroatoms. The number of nitrogens with one attached hydrogen (secondary N) is 2. The molecule has 7 aromatic carbocycles. The first-order valence-corrected chi connectivity index (χ1v) is 40.0. The van der Waals surface area contributed by atoms with Crippen molar-refractivity contribution >= 4 is 58.7 Å². The van der Waals surface area contributed by atoms with Gasteiger partial charge in [0.05, 0.1) is 53.7 Å². The number of aliphatic hydroxyl groups is 2. The van der Waals surface area contributed by atoms with E-state index in [1.807, 2.05) is 144 Å². The van der Waals surface area contributed by atoms with E-state index >= 15 is 0 Å². The molecule has 0 saturated carbocycles. The molecule has 5 heterocycles. The van der Waals surface area contributed by atoms with Crippen LogP contribution in [0.5, 0.6) is 0 Å². The number of carbonyl (C=O) groups is 8. The van der Waals surface area contributed by atoms with Gasteiger partial charge in [-0.2, -0.15) is 10.2 Å². The van der Waals surface area contributed by atoms with E-state index in [1.54, 1.807) is 92.0 Å². The molecule has 0 aliphatic carbocycles. The smallest absolute Gasteiger partial charge is 0.319 e. The Morgan fingerprint density at radius 2 is 0.885 bits per heavy atom. The summed E-state index contributed by atoms with van der Waals surface area (Å²) in [6.07, 6.45) is 10.1. The van der Waals surface area contributed by atoms with E-state index in [0.29, 0.717) is 104 Å². The number of hydrogen-bond acceptors (Lipinski definition) is 12. The summed E-state index contributed by atoms with van der Waals surface area (Å²) in [5.74, 6) is -4.24. The largest absolute Gasteiger partial charge is 0.480 e. The van der Waals surface area contributed by atoms with E-state index < -0.39 is 41.2 Å². The van der Waals surface area contributed by atoms with Crippen molar-refractivity contribution in [3.63, 3.8) is 0 Å². The summed E-state index contributed by atoms with van der Waals surface area (Å²) in [5, 5.41) is 47.4. The van der Waals surface area contributed by atoms with Crippen molar-refractivity contribution in [3.8, 4) is 11.4 Å². The molecule has 2 aromatic heterocycles. The minimum absolute atomic E-state index is 0.0297. The molecule has 12 rings (SSSR count). The molecule has 0 bridgehead atoms. The third kappa shape index (κ3) is 19.9. The number of unbranched alkanes of at least 4 members (excludes halogenated alkanes) is 4. The molecule has 113 heavy (non-hydrogen) atoms. The number of hydrogen-bond donors (Lipinski definition) is 5. The van der Waals surface area contributed by atoms with E-state index in [9.17, 15) is 53.7 Å². The van der Waals surface area contributed by atoms with Crippen LogP contribution in [0, 0.1) is 19.3 Å². The number of aryl methyl sites for hydroxylation is 2. The molecule has 1 saturated heterocycles. The normalized spacial score (nSPS) is 14.7. The SMILES string of the molecule is CCCCN(CCCC)C(=O)c1cc(C)n(-c2ccc(NC(=O)C(CC(=O)N3CCCC3)c3ccccc3)cc2C(=O)N2Cc3ccccc3C[C@H]2CO)n1.CCCCN(CCCC)C(=O)c1cc(C)n(-c2ccc(NC(=O)C(Cc3ccccc3)(Cc3ccccc3)C(=O)O)cc2C(=O)N2Cc3ccccc3C[C@H]2CO)n1. The fraction of sp³-hybridized carbons (Fsp3) is 0.385. The molecule has 0 spiro atoms. The molecule has 3 aliphatic rings. The van der Waals surface area contributed by atoms with Gasteiger partial charge in [0.2, 0.25) is 17.7 Å². The van der Waals surface area contributed by atoms with Crippen LogP contribution in [0.15, 0.2) is 188 Å². The van der Waals surface area contributed by atoms with Gasteiger partial charge >= 0.3 is 5.97 Å². The molecular formula is C91H107N11O11. The fourth-order valence-corrected chi connectivity index (χ4v) is 15.4. The first kappa shape index (κ1) is 82.6. The maximum Gasteiger partial charge on any atom is 0.319 e. The Morgan fingerprint density at radius 1 is 0.496 bits per heavy atom. The van der Waals surface area contributed by atoms with Crippen LogP contribution < -0.4 is 10.6 Å². The van der Waals surface area contributed by atoms with Gasteiger partial charge in [-0.15, -0.1) is 0 Å². The summed E-state index contributed by atoms with van der Waals surface area (Å²) in [6.45, 7) is 16.0. The second-order valence-corrected chi connectivity index (χ2v) is 30.0. The van der Waals surface area contributed by atoms with Crippen molar-refractivity contribution in [2.75, 3.05) is 63.1 Å². The van der Waals surface area contributed by atoms with Crippen molar-refractivity contribution in [1.82, 2.24) is 44.1 Å². The highest BCUT2D eigenvalue weighted by atomic mass is 16.4. The van der Waals surface area contributed by atoms with Gasteiger partial charge in [-0.3, -0.25) is 38.4 Å². The average molecular weight is 1530 g/mol. The molecule has 0 radical (unpaired) electrons. The summed E-state index contributed by atoms with van der Waals surface area (Å²) in [7, 11) is 0. The number of aromatic nitrogens is 4. The predicted molar refractivity (Wildman–Crippen MR) is 437 cm³/mol. The highest BCUT2D eigenvalue weighted by Gasteiger charge is 2.47. The topological polar surface area (TPSA) is 273 Å². The van der Waals surface area contributed by atoms with Gasteiger partial charge in [0.1, 0.15) is 0 Å². The molecule has 1 unspecified atom stereocenters. The number of aliphatic hydroxyl groups excluding tert-OH is 2. The fourth-order valence-electron chi connectivity index (χ4n) is 15.4. The van der Waals surface area contributed by atoms with Gasteiger partial charge in [-0.1, -0.05) is 193 Å². The zero-order chi connectivity index (χ0) is 80.1. The summed E-state index contributed by atoms with van der Waals surface area (Å²) in [6, 6.07) is 55.5. The Balaban J connectivity index is 0.000000223. The van der Waals surface area contributed by atoms with Crippen molar-refractivity contribution < 1.29 is 53.7 Å². The number of fused-ring (bicyclic) bond motifs is 2. The maximum absolute atomic E-state index is 14.9. The molecule has 5 N–H and O–H groups in total. The highest BCUT2D eigenvalue weighted by molar-refractivity contribution is 6.10. The van der Waals surface area contributed by atoms with Gasteiger partial charge < -0.3 is 50.5 Å². The van der Waals surface area contributed by atoms with Crippen molar-refractivity contribution in [2.45, 2.75) is 169 Å². The molecule has 592 valence electrons. The Morgan fingerprint density at radius 3 is 1.28 bits per heavy atom. The summed E-state index contributed by atoms with van der Waals surface area (Å²) in [4.78, 5) is 121. The standard InChI is InChI=1S/C47H53N5O6.C44H54N6O5/c1-4-6-24-50(25-7-5-2)44(55)41-26-33(3)52(49-41)42-23-22-38(28-40(42)43(54)51-31-37-21-15-14-20-36(37)27-39(51)32-53)48-45(56)47(46(57)58,29-34-16-10-8-11-17-34)30-35-18-12-9-13-19-35;1-4-6-21-48(22-7-5-2)44(55)39-25-31(3)50(46-39)40-20-19-35(27-38(40)43(54)49-29-34-18-12-11-17-33(34)26-36(49)30-51)45-42(53)37(32-15-9-8-10-16-32)28-41(52)47-23-13-14-24-47/h8-23,26,28,39,53H,4-7,24-25,27,29-32H2,1-3H3,(H,48,56)(H,57,58);8-12,15-20,25,27,36-37,51H,4-7,13-14,21-24,26,28-30H2,1-3H3,(H,45,53)/t39-;36-,37?/m00/s1. The van der Waals surface area contributed by atoms with Gasteiger partial charge in [0.15, 0.2) is 16.8 Å². The molecule has 3 atom stereocenters. The lowest BCUT2D eigenvalue weighted by Crippen LogP contribution is -2.47. The predicted octanol–water partition coefficient (Wildman–Crippen LogP) is 13.8. The van der Waals surface area contributed by atoms with Gasteiger partial charge in [0.25, 0.3) is 23.6 Å². The van der Waals surface area contributed by atoms with Gasteiger partial charge in [-0.25, -0.2) is 9.36 Å². The highest BCUT2D eigenvalue weighted by Crippen LogP contribution is 2.36. The number of nitrogens with zero attached hydrogens (tertiary/aromatic N) is 9. The molecule has 22 nitrogen and oxygen atoms in total. The third-order valence-corrected chi connectivity index (χ3v) is 21.9. The quantitative estimate of drug-likeness (QED) is 0.0246. The van der Waals surface area contributed by atoms with E-state index in [1.165, 1.54) is 0 Å². The second-order valence-electron chi connectivity index (χ2n) is 30.0. The molecule has 3 aliphatic heterocycles. The Labute approximate surface area is 662 Å². The van der Waals surface area contributed by atoms with Crippen LogP contribution >= 0.6 is 0 Å². The van der Waals surface area contributed by atoms with Crippen molar-refractivity contribution in [3.05, 3.63) is 261 Å². The minimum atomic E-state index is -1.90. The lowest BCUT2D eigenvalue weighted by Gasteiger charge is -2.36. The lowest BCUT2D eigenvalue weighted by atomic mass is 9.75. The van der Waals surface area contributed by atoms with Crippen LogP contribution in [0.25, 0.3) is 11.4 Å². The van der Waals surface area contributed by atoms with E-state index in [2.05, 4.69) is 38.3 Å². The maximum atomic E-state index is 14.9. The zero-order valence-corrected chi connectivity index (χ0v) is 65.9. The van der Waals surface area contributed by atoms with Crippen LogP contribution in [0.3, 0.4) is 0 Å². The van der Waals surface area contributed by atoms with Gasteiger partial charge in [0, 0.05) is 81.5 Å². The summed E-state index contributed by atoms with van der Waals surface area (Å²) in [5.41, 5.74) is 8.01. The average Bonchev–Trinajstić information content (AvgIpc) is 1.75. The minimum Gasteiger partial charge on any atom is -0.480 e. The van der Waals surface area contributed by atoms with E-state index in [4.69, 9.17) is 10.2 Å². The van der Waals surface area contributed by atoms with Crippen molar-refractivity contribution in [1.29, 1.82) is 0 Å². The lowest BCUT2D eigenvalue weighted by molar-refractivity contribution is -0.154. The van der Waals surface area contributed by atoms with Crippen LogP contribution in [0.1, 0.15) is 196 Å². The van der Waals surface area contributed by atoms with Crippen LogP contribution in [0.2, 0.25) is 0 Å². The third-order valence-electron chi connectivity index (χ3n) is 21.9. The first-order valence-electron chi connectivity index (χ1n) is 40.0. The number of benzene rings is 7. The zero-order valence-electron chi connectivity index (χ0n) is 65.9. The Hall–Kier alpha value is -11.4. The van der Waals surface area contributed by atoms with Crippen LogP contribution in [0.4, 0.5) is 11.4 Å². The first-order chi connectivity index (χ1) is 54.8. The van der Waals surface area contributed by atoms with Crippen LogP contribution in [-0.4, -0.2) is 171 Å². The second kappa shape index (κ2) is 39.2. The molecule has 1 fully saturated rings. The number of carbonyl (C=O) groups excluding carboxylic acids is 7. The van der Waals surface area contributed by atoms with Crippen molar-refractivity contribution in [2.24, 2.45) is 5.41 Å². The Kier molecular flexibility index (Phi) is 28.7. The van der Waals surface area contributed by atoms with Crippen LogP contribution in [-0.2, 0) is 58.0 Å². The molecule has 7 amide bonds. The number of rotatable bonds is 32. The Bertz CT molecular complexity index is 4730. The van der Waals surface area contributed by atoms with E-state index in [-0.39, 0.29) is 91.1 Å².